The summed E-state index contributed by atoms with van der Waals surface area (Å²) in [6.07, 6.45) is 0.727. The first-order chi connectivity index (χ1) is 7.54. The number of hydrogen-bond acceptors (Lipinski definition) is 5. The average Bonchev–Trinajstić information content (AvgIpc) is 2.21. The molecule has 0 aliphatic carbocycles. The SMILES string of the molecule is CCC1C(=O)Nc2c(C)nc(N)nc2N1C. The topological polar surface area (TPSA) is 84.1 Å². The van der Waals surface area contributed by atoms with Gasteiger partial charge in [0.05, 0.1) is 5.69 Å². The van der Waals surface area contributed by atoms with E-state index in [9.17, 15) is 4.79 Å². The molecule has 6 heteroatoms. The van der Waals surface area contributed by atoms with Crippen LogP contribution in [-0.2, 0) is 4.79 Å². The quantitative estimate of drug-likeness (QED) is 0.722. The van der Waals surface area contributed by atoms with Crippen molar-refractivity contribution in [2.45, 2.75) is 26.3 Å². The van der Waals surface area contributed by atoms with Crippen LogP contribution in [-0.4, -0.2) is 29.0 Å². The molecule has 1 aliphatic heterocycles. The Hall–Kier alpha value is -1.85. The van der Waals surface area contributed by atoms with Crippen LogP contribution in [0.25, 0.3) is 0 Å². The third-order valence-electron chi connectivity index (χ3n) is 2.83. The fraction of sp³-hybridized carbons (Fsp3) is 0.500. The predicted octanol–water partition coefficient (Wildman–Crippen LogP) is 0.534. The van der Waals surface area contributed by atoms with Gasteiger partial charge >= 0.3 is 0 Å². The Balaban J connectivity index is 2.55. The molecule has 0 fully saturated rings. The molecule has 0 bridgehead atoms. The number of nitrogens with one attached hydrogen (secondary N) is 1. The number of hydrogen-bond donors (Lipinski definition) is 2. The number of fused-ring (bicyclic) bond motifs is 1. The van der Waals surface area contributed by atoms with Crippen LogP contribution >= 0.6 is 0 Å². The van der Waals surface area contributed by atoms with Crippen molar-refractivity contribution < 1.29 is 4.79 Å². The van der Waals surface area contributed by atoms with E-state index in [1.54, 1.807) is 6.92 Å². The van der Waals surface area contributed by atoms with Gasteiger partial charge in [-0.2, -0.15) is 4.98 Å². The molecule has 1 atom stereocenters. The lowest BCUT2D eigenvalue weighted by molar-refractivity contribution is -0.117. The van der Waals surface area contributed by atoms with Crippen molar-refractivity contribution >= 4 is 23.4 Å². The van der Waals surface area contributed by atoms with Crippen LogP contribution in [0.4, 0.5) is 17.5 Å². The van der Waals surface area contributed by atoms with Crippen LogP contribution in [0, 0.1) is 6.92 Å². The van der Waals surface area contributed by atoms with Crippen LogP contribution in [0.2, 0.25) is 0 Å². The van der Waals surface area contributed by atoms with E-state index < -0.39 is 0 Å². The zero-order valence-electron chi connectivity index (χ0n) is 9.61. The number of amides is 1. The minimum atomic E-state index is -0.193. The minimum Gasteiger partial charge on any atom is -0.368 e. The molecule has 1 aromatic rings. The van der Waals surface area contributed by atoms with Crippen LogP contribution in [0.1, 0.15) is 19.0 Å². The highest BCUT2D eigenvalue weighted by atomic mass is 16.2. The van der Waals surface area contributed by atoms with Crippen LogP contribution in [0.3, 0.4) is 0 Å². The van der Waals surface area contributed by atoms with Crippen molar-refractivity contribution in [2.75, 3.05) is 23.0 Å². The molecule has 16 heavy (non-hydrogen) atoms. The second kappa shape index (κ2) is 3.62. The predicted molar refractivity (Wildman–Crippen MR) is 62.3 cm³/mol. The van der Waals surface area contributed by atoms with Gasteiger partial charge in [0.2, 0.25) is 11.9 Å². The fourth-order valence-corrected chi connectivity index (χ4v) is 1.97. The number of nitrogens with two attached hydrogens (primary N) is 1. The van der Waals surface area contributed by atoms with Gasteiger partial charge in [-0.3, -0.25) is 4.79 Å². The maximum Gasteiger partial charge on any atom is 0.247 e. The molecular formula is C10H15N5O. The first kappa shape index (κ1) is 10.7. The molecule has 0 saturated carbocycles. The molecule has 2 rings (SSSR count). The van der Waals surface area contributed by atoms with Crippen LogP contribution in [0.15, 0.2) is 0 Å². The normalized spacial score (nSPS) is 19.3. The Morgan fingerprint density at radius 3 is 2.81 bits per heavy atom. The molecule has 0 radical (unpaired) electrons. The van der Waals surface area contributed by atoms with E-state index in [1.165, 1.54) is 0 Å². The molecule has 6 nitrogen and oxygen atoms in total. The van der Waals surface area contributed by atoms with Crippen molar-refractivity contribution in [2.24, 2.45) is 0 Å². The fourth-order valence-electron chi connectivity index (χ4n) is 1.97. The number of nitrogens with zero attached hydrogens (tertiary/aromatic N) is 3. The summed E-state index contributed by atoms with van der Waals surface area (Å²) < 4.78 is 0. The maximum atomic E-state index is 11.8. The van der Waals surface area contributed by atoms with Crippen molar-refractivity contribution in [3.05, 3.63) is 5.69 Å². The van der Waals surface area contributed by atoms with E-state index in [-0.39, 0.29) is 17.9 Å². The Labute approximate surface area is 93.9 Å². The summed E-state index contributed by atoms with van der Waals surface area (Å²) in [7, 11) is 1.84. The molecule has 0 saturated heterocycles. The first-order valence-corrected chi connectivity index (χ1v) is 5.22. The van der Waals surface area contributed by atoms with Gasteiger partial charge in [-0.15, -0.1) is 0 Å². The standard InChI is InChI=1S/C10H15N5O/c1-4-6-9(16)13-7-5(2)12-10(11)14-8(7)15(6)3/h6H,4H2,1-3H3,(H,13,16)(H2,11,12,14). The van der Waals surface area contributed by atoms with Gasteiger partial charge in [-0.25, -0.2) is 4.98 Å². The zero-order valence-corrected chi connectivity index (χ0v) is 9.61. The summed E-state index contributed by atoms with van der Waals surface area (Å²) in [6.45, 7) is 3.76. The van der Waals surface area contributed by atoms with Crippen molar-refractivity contribution in [3.63, 3.8) is 0 Å². The van der Waals surface area contributed by atoms with Gasteiger partial charge in [-0.1, -0.05) is 6.92 Å². The van der Waals surface area contributed by atoms with Crippen molar-refractivity contribution in [1.82, 2.24) is 9.97 Å². The van der Waals surface area contributed by atoms with Gasteiger partial charge in [0.25, 0.3) is 0 Å². The Morgan fingerprint density at radius 1 is 1.50 bits per heavy atom. The number of likely N-dealkylation sites (N-methyl/N-ethyl adjacent to an activating group) is 1. The number of aromatic nitrogens is 2. The van der Waals surface area contributed by atoms with E-state index in [1.807, 2.05) is 18.9 Å². The molecule has 0 spiro atoms. The molecule has 1 amide bonds. The van der Waals surface area contributed by atoms with E-state index in [0.717, 1.165) is 6.42 Å². The zero-order chi connectivity index (χ0) is 11.9. The molecule has 1 aromatic heterocycles. The van der Waals surface area contributed by atoms with Crippen molar-refractivity contribution in [1.29, 1.82) is 0 Å². The molecule has 2 heterocycles. The Kier molecular flexibility index (Phi) is 2.41. The number of carbonyl (C=O) groups is 1. The summed E-state index contributed by atoms with van der Waals surface area (Å²) in [4.78, 5) is 21.8. The average molecular weight is 221 g/mol. The number of carbonyl (C=O) groups excluding carboxylic acids is 1. The van der Waals surface area contributed by atoms with Gasteiger partial charge in [0.15, 0.2) is 5.82 Å². The van der Waals surface area contributed by atoms with Crippen LogP contribution in [0.5, 0.6) is 0 Å². The molecule has 3 N–H and O–H groups in total. The summed E-state index contributed by atoms with van der Waals surface area (Å²) in [5, 5.41) is 2.83. The molecular weight excluding hydrogens is 206 g/mol. The molecule has 0 aromatic carbocycles. The number of nitrogen functional groups attached to an aromatic ring is 1. The smallest absolute Gasteiger partial charge is 0.247 e. The second-order valence-electron chi connectivity index (χ2n) is 3.89. The van der Waals surface area contributed by atoms with Gasteiger partial charge in [-0.05, 0) is 13.3 Å². The van der Waals surface area contributed by atoms with E-state index in [0.29, 0.717) is 17.2 Å². The molecule has 1 unspecified atom stereocenters. The van der Waals surface area contributed by atoms with E-state index in [4.69, 9.17) is 5.73 Å². The number of aryl methyl sites for hydroxylation is 1. The van der Waals surface area contributed by atoms with E-state index >= 15 is 0 Å². The number of rotatable bonds is 1. The summed E-state index contributed by atoms with van der Waals surface area (Å²) >= 11 is 0. The summed E-state index contributed by atoms with van der Waals surface area (Å²) in [5.41, 5.74) is 6.96. The summed E-state index contributed by atoms with van der Waals surface area (Å²) in [6, 6.07) is -0.193. The molecule has 86 valence electrons. The second-order valence-corrected chi connectivity index (χ2v) is 3.89. The maximum absolute atomic E-state index is 11.8. The largest absolute Gasteiger partial charge is 0.368 e. The Morgan fingerprint density at radius 2 is 2.19 bits per heavy atom. The lowest BCUT2D eigenvalue weighted by Crippen LogP contribution is -2.46. The number of anilines is 3. The van der Waals surface area contributed by atoms with Crippen LogP contribution < -0.4 is 16.0 Å². The highest BCUT2D eigenvalue weighted by Crippen LogP contribution is 2.32. The Bertz CT molecular complexity index is 445. The van der Waals surface area contributed by atoms with E-state index in [2.05, 4.69) is 15.3 Å². The monoisotopic (exact) mass is 221 g/mol. The van der Waals surface area contributed by atoms with Gasteiger partial charge in [0, 0.05) is 7.05 Å². The highest BCUT2D eigenvalue weighted by Gasteiger charge is 2.31. The third-order valence-corrected chi connectivity index (χ3v) is 2.83. The first-order valence-electron chi connectivity index (χ1n) is 5.22. The van der Waals surface area contributed by atoms with Gasteiger partial charge < -0.3 is 16.0 Å². The minimum absolute atomic E-state index is 0.0195. The van der Waals surface area contributed by atoms with Gasteiger partial charge in [0.1, 0.15) is 11.7 Å². The summed E-state index contributed by atoms with van der Waals surface area (Å²) in [5.74, 6) is 0.902. The van der Waals surface area contributed by atoms with Crippen molar-refractivity contribution in [3.8, 4) is 0 Å². The lowest BCUT2D eigenvalue weighted by Gasteiger charge is -2.33. The highest BCUT2D eigenvalue weighted by molar-refractivity contribution is 6.03. The lowest BCUT2D eigenvalue weighted by atomic mass is 10.1. The third kappa shape index (κ3) is 1.46. The molecule has 1 aliphatic rings.